The van der Waals surface area contributed by atoms with Crippen molar-refractivity contribution >= 4 is 48.1 Å². The number of rotatable bonds is 9. The van der Waals surface area contributed by atoms with Crippen LogP contribution in [0.1, 0.15) is 6.42 Å². The molecule has 34 heavy (non-hydrogen) atoms. The number of nitrogens with one attached hydrogen (secondary N) is 1. The zero-order valence-electron chi connectivity index (χ0n) is 18.4. The molecule has 0 saturated carbocycles. The van der Waals surface area contributed by atoms with Crippen LogP contribution in [0.3, 0.4) is 0 Å². The molecule has 1 fully saturated rings. The molecular weight excluding hydrogens is 478 g/mol. The molecule has 10 nitrogen and oxygen atoms in total. The molecule has 1 aliphatic rings. The van der Waals surface area contributed by atoms with E-state index < -0.39 is 14.8 Å². The zero-order valence-corrected chi connectivity index (χ0v) is 20.1. The van der Waals surface area contributed by atoms with Crippen LogP contribution in [0.15, 0.2) is 53.4 Å². The van der Waals surface area contributed by atoms with Crippen molar-refractivity contribution in [3.8, 4) is 0 Å². The molecule has 1 amide bonds. The van der Waals surface area contributed by atoms with Gasteiger partial charge in [0.1, 0.15) is 0 Å². The Balaban J connectivity index is 1.19. The van der Waals surface area contributed by atoms with Crippen LogP contribution < -0.4 is 10.2 Å². The highest BCUT2D eigenvalue weighted by molar-refractivity contribution is 7.91. The third-order valence-corrected chi connectivity index (χ3v) is 8.48. The molecule has 1 N–H and O–H groups in total. The number of nitro groups is 1. The van der Waals surface area contributed by atoms with Gasteiger partial charge in [-0.2, -0.15) is 0 Å². The van der Waals surface area contributed by atoms with Crippen LogP contribution in [-0.4, -0.2) is 74.2 Å². The van der Waals surface area contributed by atoms with Crippen LogP contribution in [0, 0.1) is 10.1 Å². The van der Waals surface area contributed by atoms with E-state index in [1.807, 2.05) is 0 Å². The number of hydrogen-bond acceptors (Lipinski definition) is 9. The second-order valence-electron chi connectivity index (χ2n) is 7.97. The van der Waals surface area contributed by atoms with Crippen LogP contribution in [0.25, 0.3) is 10.2 Å². The highest BCUT2D eigenvalue weighted by Crippen LogP contribution is 2.31. The quantitative estimate of drug-likeness (QED) is 0.348. The van der Waals surface area contributed by atoms with Gasteiger partial charge in [0.2, 0.25) is 5.91 Å². The fraction of sp³-hybridized carbons (Fsp3) is 0.364. The molecule has 0 bridgehead atoms. The van der Waals surface area contributed by atoms with Crippen LogP contribution >= 0.6 is 11.3 Å². The van der Waals surface area contributed by atoms with Gasteiger partial charge in [-0.1, -0.05) is 29.5 Å². The van der Waals surface area contributed by atoms with Gasteiger partial charge in [0, 0.05) is 57.8 Å². The average Bonchev–Trinajstić information content (AvgIpc) is 3.27. The first kappa shape index (κ1) is 24.0. The molecule has 1 aliphatic heterocycles. The van der Waals surface area contributed by atoms with E-state index in [1.165, 1.54) is 29.5 Å². The molecule has 0 spiro atoms. The van der Waals surface area contributed by atoms with Crippen LogP contribution in [0.2, 0.25) is 0 Å². The predicted octanol–water partition coefficient (Wildman–Crippen LogP) is 2.31. The van der Waals surface area contributed by atoms with Crippen molar-refractivity contribution in [2.45, 2.75) is 11.3 Å². The highest BCUT2D eigenvalue weighted by atomic mass is 32.2. The SMILES string of the molecule is O=C(CCS(=O)(=O)c1ccccc1)NCCN1CCN(c2nc3ccc([N+](=O)[O-])cc3s2)CC1. The first-order valence-electron chi connectivity index (χ1n) is 10.9. The van der Waals surface area contributed by atoms with Crippen molar-refractivity contribution in [2.24, 2.45) is 0 Å². The number of thiazole rings is 1. The topological polar surface area (TPSA) is 126 Å². The fourth-order valence-electron chi connectivity index (χ4n) is 3.73. The number of sulfone groups is 1. The van der Waals surface area contributed by atoms with Gasteiger partial charge < -0.3 is 10.2 Å². The van der Waals surface area contributed by atoms with Gasteiger partial charge in [0.15, 0.2) is 15.0 Å². The number of carbonyl (C=O) groups excluding carboxylic acids is 1. The Bertz CT molecular complexity index is 1270. The molecule has 1 aromatic heterocycles. The summed E-state index contributed by atoms with van der Waals surface area (Å²) >= 11 is 1.45. The lowest BCUT2D eigenvalue weighted by Crippen LogP contribution is -2.48. The maximum absolute atomic E-state index is 12.3. The number of nitrogens with zero attached hydrogens (tertiary/aromatic N) is 4. The maximum Gasteiger partial charge on any atom is 0.270 e. The smallest absolute Gasteiger partial charge is 0.270 e. The first-order chi connectivity index (χ1) is 16.3. The van der Waals surface area contributed by atoms with E-state index in [9.17, 15) is 23.3 Å². The van der Waals surface area contributed by atoms with E-state index in [0.717, 1.165) is 41.5 Å². The number of benzene rings is 2. The number of nitro benzene ring substituents is 1. The Morgan fingerprint density at radius 2 is 1.85 bits per heavy atom. The molecule has 1 saturated heterocycles. The molecule has 180 valence electrons. The number of fused-ring (bicyclic) bond motifs is 1. The summed E-state index contributed by atoms with van der Waals surface area (Å²) in [5, 5.41) is 14.6. The summed E-state index contributed by atoms with van der Waals surface area (Å²) in [4.78, 5) is 31.9. The number of piperazine rings is 1. The Morgan fingerprint density at radius 3 is 2.56 bits per heavy atom. The van der Waals surface area contributed by atoms with Crippen molar-refractivity contribution in [3.05, 3.63) is 58.6 Å². The average molecular weight is 504 g/mol. The Morgan fingerprint density at radius 1 is 1.12 bits per heavy atom. The summed E-state index contributed by atoms with van der Waals surface area (Å²) in [5.41, 5.74) is 0.817. The first-order valence-corrected chi connectivity index (χ1v) is 13.4. The van der Waals surface area contributed by atoms with Crippen LogP contribution in [-0.2, 0) is 14.6 Å². The lowest BCUT2D eigenvalue weighted by atomic mass is 10.3. The van der Waals surface area contributed by atoms with Crippen molar-refractivity contribution < 1.29 is 18.1 Å². The van der Waals surface area contributed by atoms with Gasteiger partial charge in [-0.3, -0.25) is 19.8 Å². The molecule has 0 aliphatic carbocycles. The summed E-state index contributed by atoms with van der Waals surface area (Å²) in [6, 6.07) is 12.8. The summed E-state index contributed by atoms with van der Waals surface area (Å²) in [6.45, 7) is 4.27. The molecule has 3 aromatic rings. The van der Waals surface area contributed by atoms with Gasteiger partial charge >= 0.3 is 0 Å². The van der Waals surface area contributed by atoms with Crippen molar-refractivity contribution in [3.63, 3.8) is 0 Å². The molecule has 0 unspecified atom stereocenters. The van der Waals surface area contributed by atoms with E-state index in [1.54, 1.807) is 30.3 Å². The molecule has 0 radical (unpaired) electrons. The van der Waals surface area contributed by atoms with Gasteiger partial charge in [0.25, 0.3) is 5.69 Å². The molecular formula is C22H25N5O5S2. The molecule has 12 heteroatoms. The highest BCUT2D eigenvalue weighted by Gasteiger charge is 2.21. The number of aromatic nitrogens is 1. The number of amides is 1. The minimum absolute atomic E-state index is 0.0623. The minimum Gasteiger partial charge on any atom is -0.355 e. The summed E-state index contributed by atoms with van der Waals surface area (Å²) < 4.78 is 25.4. The Kier molecular flexibility index (Phi) is 7.39. The van der Waals surface area contributed by atoms with Crippen molar-refractivity contribution in [1.82, 2.24) is 15.2 Å². The van der Waals surface area contributed by atoms with E-state index in [4.69, 9.17) is 0 Å². The normalized spacial score (nSPS) is 14.9. The lowest BCUT2D eigenvalue weighted by molar-refractivity contribution is -0.384. The zero-order chi connectivity index (χ0) is 24.1. The number of hydrogen-bond donors (Lipinski definition) is 1. The molecule has 0 atom stereocenters. The monoisotopic (exact) mass is 503 g/mol. The van der Waals surface area contributed by atoms with Crippen molar-refractivity contribution in [2.75, 3.05) is 49.9 Å². The number of non-ortho nitro benzene ring substituents is 1. The second-order valence-corrected chi connectivity index (χ2v) is 11.1. The van der Waals surface area contributed by atoms with E-state index in [-0.39, 0.29) is 28.7 Å². The van der Waals surface area contributed by atoms with E-state index in [2.05, 4.69) is 20.1 Å². The molecule has 4 rings (SSSR count). The van der Waals surface area contributed by atoms with Crippen LogP contribution in [0.4, 0.5) is 10.8 Å². The lowest BCUT2D eigenvalue weighted by Gasteiger charge is -2.34. The van der Waals surface area contributed by atoms with Gasteiger partial charge in [-0.05, 0) is 18.2 Å². The van der Waals surface area contributed by atoms with Gasteiger partial charge in [0.05, 0.1) is 25.8 Å². The van der Waals surface area contributed by atoms with E-state index >= 15 is 0 Å². The van der Waals surface area contributed by atoms with Crippen LogP contribution in [0.5, 0.6) is 0 Å². The molecule has 2 aromatic carbocycles. The van der Waals surface area contributed by atoms with Crippen molar-refractivity contribution in [1.29, 1.82) is 0 Å². The maximum atomic E-state index is 12.3. The minimum atomic E-state index is -3.46. The third kappa shape index (κ3) is 5.88. The van der Waals surface area contributed by atoms with Gasteiger partial charge in [-0.25, -0.2) is 13.4 Å². The summed E-state index contributed by atoms with van der Waals surface area (Å²) in [6.07, 6.45) is -0.0687. The predicted molar refractivity (Wildman–Crippen MR) is 131 cm³/mol. The van der Waals surface area contributed by atoms with E-state index in [0.29, 0.717) is 13.1 Å². The van der Waals surface area contributed by atoms with Gasteiger partial charge in [-0.15, -0.1) is 0 Å². The summed E-state index contributed by atoms with van der Waals surface area (Å²) in [5.74, 6) is -0.492. The Hall–Kier alpha value is -3.09. The Labute approximate surface area is 201 Å². The number of anilines is 1. The second kappa shape index (κ2) is 10.5. The molecule has 2 heterocycles. The largest absolute Gasteiger partial charge is 0.355 e. The third-order valence-electron chi connectivity index (χ3n) is 5.66. The fourth-order valence-corrected chi connectivity index (χ4v) is 6.04. The number of carbonyl (C=O) groups is 1. The standard InChI is InChI=1S/C22H25N5O5S2/c28-21(8-15-34(31,32)18-4-2-1-3-5-18)23-9-10-25-11-13-26(14-12-25)22-24-19-7-6-17(27(29)30)16-20(19)33-22/h1-7,16H,8-15H2,(H,23,28). The summed E-state index contributed by atoms with van der Waals surface area (Å²) in [7, 11) is -3.46.